The summed E-state index contributed by atoms with van der Waals surface area (Å²) in [5.74, 6) is 0.793. The van der Waals surface area contributed by atoms with E-state index in [1.54, 1.807) is 7.11 Å². The average Bonchev–Trinajstić information content (AvgIpc) is 2.28. The summed E-state index contributed by atoms with van der Waals surface area (Å²) in [5.41, 5.74) is 3.08. The number of hydrogen-bond donors (Lipinski definition) is 2. The second kappa shape index (κ2) is 6.62. The predicted molar refractivity (Wildman–Crippen MR) is 70.6 cm³/mol. The van der Waals surface area contributed by atoms with Gasteiger partial charge in [0.1, 0.15) is 5.75 Å². The Morgan fingerprint density at radius 3 is 2.65 bits per heavy atom. The molecule has 1 unspecified atom stereocenters. The third kappa shape index (κ3) is 3.72. The van der Waals surface area contributed by atoms with Gasteiger partial charge in [0, 0.05) is 12.1 Å². The average molecular weight is 237 g/mol. The molecule has 1 aromatic rings. The molecular formula is C14H23NO2. The Kier molecular flexibility index (Phi) is 5.45. The minimum Gasteiger partial charge on any atom is -0.496 e. The van der Waals surface area contributed by atoms with Gasteiger partial charge in [0.2, 0.25) is 0 Å². The molecule has 3 nitrogen and oxygen atoms in total. The molecule has 0 aliphatic rings. The molecule has 0 fully saturated rings. The van der Waals surface area contributed by atoms with Gasteiger partial charge >= 0.3 is 0 Å². The quantitative estimate of drug-likeness (QED) is 0.746. The summed E-state index contributed by atoms with van der Waals surface area (Å²) >= 11 is 0. The number of aliphatic hydroxyl groups excluding tert-OH is 1. The highest BCUT2D eigenvalue weighted by Crippen LogP contribution is 2.29. The number of hydrogen-bond acceptors (Lipinski definition) is 3. The molecule has 0 amide bonds. The molecule has 3 heteroatoms. The van der Waals surface area contributed by atoms with Crippen LogP contribution in [-0.2, 0) is 0 Å². The van der Waals surface area contributed by atoms with E-state index in [1.165, 1.54) is 0 Å². The minimum absolute atomic E-state index is 0.518. The monoisotopic (exact) mass is 237 g/mol. The first-order valence-corrected chi connectivity index (χ1v) is 6.14. The van der Waals surface area contributed by atoms with Crippen LogP contribution in [0.3, 0.4) is 0 Å². The van der Waals surface area contributed by atoms with Crippen LogP contribution in [0.2, 0.25) is 0 Å². The van der Waals surface area contributed by atoms with Crippen LogP contribution in [0, 0.1) is 13.8 Å². The van der Waals surface area contributed by atoms with Crippen LogP contribution in [0.1, 0.15) is 36.1 Å². The van der Waals surface area contributed by atoms with E-state index >= 15 is 0 Å². The lowest BCUT2D eigenvalue weighted by molar-refractivity contribution is 0.170. The van der Waals surface area contributed by atoms with E-state index in [9.17, 15) is 5.11 Å². The lowest BCUT2D eigenvalue weighted by atomic mass is 10.0. The van der Waals surface area contributed by atoms with E-state index in [1.807, 2.05) is 19.9 Å². The van der Waals surface area contributed by atoms with Crippen LogP contribution in [0.25, 0.3) is 0 Å². The number of benzene rings is 1. The van der Waals surface area contributed by atoms with Gasteiger partial charge < -0.3 is 15.2 Å². The third-order valence-corrected chi connectivity index (χ3v) is 2.78. The molecule has 1 rings (SSSR count). The molecule has 0 aliphatic heterocycles. The molecular weight excluding hydrogens is 214 g/mol. The Morgan fingerprint density at radius 2 is 2.06 bits per heavy atom. The predicted octanol–water partition coefficient (Wildman–Crippen LogP) is 2.35. The van der Waals surface area contributed by atoms with E-state index in [0.29, 0.717) is 6.54 Å². The van der Waals surface area contributed by atoms with Gasteiger partial charge in [0.25, 0.3) is 0 Å². The molecule has 0 spiro atoms. The van der Waals surface area contributed by atoms with Crippen LogP contribution >= 0.6 is 0 Å². The van der Waals surface area contributed by atoms with E-state index in [4.69, 9.17) is 4.74 Å². The van der Waals surface area contributed by atoms with Crippen molar-refractivity contribution in [1.82, 2.24) is 5.32 Å². The molecule has 0 saturated heterocycles. The first-order valence-electron chi connectivity index (χ1n) is 6.14. The number of methoxy groups -OCH3 is 1. The largest absolute Gasteiger partial charge is 0.496 e. The van der Waals surface area contributed by atoms with Gasteiger partial charge in [-0.05, 0) is 38.4 Å². The molecule has 0 saturated carbocycles. The van der Waals surface area contributed by atoms with Crippen molar-refractivity contribution in [2.24, 2.45) is 0 Å². The Labute approximate surface area is 104 Å². The standard InChI is InChI=1S/C14H23NO2/c1-5-6-15-9-13(16)12-8-10(2)7-11(3)14(12)17-4/h7-8,13,15-16H,5-6,9H2,1-4H3. The number of ether oxygens (including phenoxy) is 1. The fourth-order valence-electron chi connectivity index (χ4n) is 2.04. The molecule has 0 bridgehead atoms. The highest BCUT2D eigenvalue weighted by Gasteiger charge is 2.15. The molecule has 96 valence electrons. The van der Waals surface area contributed by atoms with Gasteiger partial charge in [0.15, 0.2) is 0 Å². The van der Waals surface area contributed by atoms with Gasteiger partial charge in [-0.15, -0.1) is 0 Å². The number of rotatable bonds is 6. The third-order valence-electron chi connectivity index (χ3n) is 2.78. The summed E-state index contributed by atoms with van der Waals surface area (Å²) < 4.78 is 5.37. The Bertz CT molecular complexity index is 363. The van der Waals surface area contributed by atoms with Crippen molar-refractivity contribution in [3.8, 4) is 5.75 Å². The summed E-state index contributed by atoms with van der Waals surface area (Å²) in [6.45, 7) is 7.62. The second-order valence-electron chi connectivity index (χ2n) is 4.42. The zero-order valence-corrected chi connectivity index (χ0v) is 11.2. The van der Waals surface area contributed by atoms with Gasteiger partial charge in [0.05, 0.1) is 13.2 Å². The summed E-state index contributed by atoms with van der Waals surface area (Å²) in [4.78, 5) is 0. The minimum atomic E-state index is -0.518. The Hall–Kier alpha value is -1.06. The van der Waals surface area contributed by atoms with Crippen molar-refractivity contribution in [1.29, 1.82) is 0 Å². The van der Waals surface area contributed by atoms with E-state index in [0.717, 1.165) is 35.4 Å². The SMILES string of the molecule is CCCNCC(O)c1cc(C)cc(C)c1OC. The number of aryl methyl sites for hydroxylation is 2. The summed E-state index contributed by atoms with van der Waals surface area (Å²) in [6.07, 6.45) is 0.548. The molecule has 0 radical (unpaired) electrons. The maximum Gasteiger partial charge on any atom is 0.127 e. The summed E-state index contributed by atoms with van der Waals surface area (Å²) in [6, 6.07) is 4.05. The van der Waals surface area contributed by atoms with Gasteiger partial charge in [-0.1, -0.05) is 18.6 Å². The van der Waals surface area contributed by atoms with Crippen molar-refractivity contribution < 1.29 is 9.84 Å². The first-order chi connectivity index (χ1) is 8.10. The fraction of sp³-hybridized carbons (Fsp3) is 0.571. The van der Waals surface area contributed by atoms with E-state index in [-0.39, 0.29) is 0 Å². The van der Waals surface area contributed by atoms with Crippen molar-refractivity contribution in [3.05, 3.63) is 28.8 Å². The van der Waals surface area contributed by atoms with Crippen LogP contribution in [-0.4, -0.2) is 25.3 Å². The topological polar surface area (TPSA) is 41.5 Å². The smallest absolute Gasteiger partial charge is 0.127 e. The van der Waals surface area contributed by atoms with Crippen molar-refractivity contribution in [2.75, 3.05) is 20.2 Å². The lowest BCUT2D eigenvalue weighted by Gasteiger charge is -2.18. The summed E-state index contributed by atoms with van der Waals surface area (Å²) in [7, 11) is 1.65. The van der Waals surface area contributed by atoms with E-state index < -0.39 is 6.10 Å². The normalized spacial score (nSPS) is 12.5. The summed E-state index contributed by atoms with van der Waals surface area (Å²) in [5, 5.41) is 13.4. The maximum absolute atomic E-state index is 10.2. The highest BCUT2D eigenvalue weighted by atomic mass is 16.5. The Morgan fingerprint density at radius 1 is 1.35 bits per heavy atom. The molecule has 17 heavy (non-hydrogen) atoms. The van der Waals surface area contributed by atoms with Crippen molar-refractivity contribution in [2.45, 2.75) is 33.3 Å². The van der Waals surface area contributed by atoms with Crippen LogP contribution < -0.4 is 10.1 Å². The lowest BCUT2D eigenvalue weighted by Crippen LogP contribution is -2.22. The first kappa shape index (κ1) is 14.0. The van der Waals surface area contributed by atoms with Crippen molar-refractivity contribution in [3.63, 3.8) is 0 Å². The van der Waals surface area contributed by atoms with Crippen LogP contribution in [0.4, 0.5) is 0 Å². The van der Waals surface area contributed by atoms with Crippen LogP contribution in [0.15, 0.2) is 12.1 Å². The molecule has 2 N–H and O–H groups in total. The molecule has 1 aromatic carbocycles. The second-order valence-corrected chi connectivity index (χ2v) is 4.42. The van der Waals surface area contributed by atoms with Crippen LogP contribution in [0.5, 0.6) is 5.75 Å². The molecule has 0 heterocycles. The molecule has 0 aromatic heterocycles. The fourth-order valence-corrected chi connectivity index (χ4v) is 2.04. The zero-order valence-electron chi connectivity index (χ0n) is 11.2. The van der Waals surface area contributed by atoms with Gasteiger partial charge in [-0.25, -0.2) is 0 Å². The van der Waals surface area contributed by atoms with E-state index in [2.05, 4.69) is 18.3 Å². The molecule has 0 aliphatic carbocycles. The van der Waals surface area contributed by atoms with Gasteiger partial charge in [-0.2, -0.15) is 0 Å². The van der Waals surface area contributed by atoms with Crippen molar-refractivity contribution >= 4 is 0 Å². The van der Waals surface area contributed by atoms with Gasteiger partial charge in [-0.3, -0.25) is 0 Å². The Balaban J connectivity index is 2.87. The highest BCUT2D eigenvalue weighted by molar-refractivity contribution is 5.45. The number of nitrogens with one attached hydrogen (secondary N) is 1. The zero-order chi connectivity index (χ0) is 12.8. The number of aliphatic hydroxyl groups is 1. The molecule has 1 atom stereocenters. The maximum atomic E-state index is 10.2.